The fourth-order valence-corrected chi connectivity index (χ4v) is 1.74. The van der Waals surface area contributed by atoms with Crippen LogP contribution in [0, 0.1) is 0 Å². The van der Waals surface area contributed by atoms with Gasteiger partial charge in [-0.2, -0.15) is 12.6 Å². The van der Waals surface area contributed by atoms with Gasteiger partial charge in [0.05, 0.1) is 0 Å². The highest BCUT2D eigenvalue weighted by atomic mass is 32.1. The minimum atomic E-state index is -0.460. The molecule has 1 rings (SSSR count). The monoisotopic (exact) mass is 242 g/mol. The van der Waals surface area contributed by atoms with Gasteiger partial charge in [-0.3, -0.25) is 9.59 Å². The second kappa shape index (κ2) is 6.58. The topological polar surface area (TPSA) is 44.0 Å². The van der Waals surface area contributed by atoms with E-state index in [1.54, 1.807) is 19.4 Å². The third-order valence-electron chi connectivity index (χ3n) is 2.54. The summed E-state index contributed by atoms with van der Waals surface area (Å²) < 4.78 is 2.79. The first-order chi connectivity index (χ1) is 7.66. The van der Waals surface area contributed by atoms with Crippen molar-refractivity contribution in [3.8, 4) is 0 Å². The second-order valence-electron chi connectivity index (χ2n) is 3.85. The molecule has 0 aromatic carbocycles. The smallest absolute Gasteiger partial charge is 0.312 e. The molecule has 1 heterocycles. The van der Waals surface area contributed by atoms with Crippen LogP contribution in [0.2, 0.25) is 0 Å². The molecule has 0 aliphatic rings. The fourth-order valence-electron chi connectivity index (χ4n) is 1.51. The maximum absolute atomic E-state index is 11.5. The van der Waals surface area contributed by atoms with Gasteiger partial charge in [-0.05, 0) is 18.6 Å². The van der Waals surface area contributed by atoms with Crippen molar-refractivity contribution in [1.82, 2.24) is 9.13 Å². The summed E-state index contributed by atoms with van der Waals surface area (Å²) in [7, 11) is 1.58. The Labute approximate surface area is 100 Å². The molecule has 0 spiro atoms. The van der Waals surface area contributed by atoms with E-state index in [2.05, 4.69) is 12.6 Å². The van der Waals surface area contributed by atoms with Gasteiger partial charge in [0, 0.05) is 26.0 Å². The maximum atomic E-state index is 11.5. The van der Waals surface area contributed by atoms with Crippen LogP contribution in [0.3, 0.4) is 0 Å². The van der Waals surface area contributed by atoms with E-state index in [4.69, 9.17) is 0 Å². The normalized spacial score (nSPS) is 10.6. The standard InChI is InChI=1S/C11H18N2O2S/c1-12-7-8-13(11(15)10(12)14)6-4-2-3-5-9-16/h7-8,16H,2-6,9H2,1H3. The number of rotatable bonds is 6. The second-order valence-corrected chi connectivity index (χ2v) is 4.30. The molecular weight excluding hydrogens is 224 g/mol. The zero-order valence-electron chi connectivity index (χ0n) is 9.56. The first kappa shape index (κ1) is 13.1. The number of thiol groups is 1. The summed E-state index contributed by atoms with van der Waals surface area (Å²) in [4.78, 5) is 22.9. The third kappa shape index (κ3) is 3.56. The molecule has 0 aliphatic carbocycles. The summed E-state index contributed by atoms with van der Waals surface area (Å²) in [5.74, 6) is 0.909. The zero-order chi connectivity index (χ0) is 12.0. The minimum absolute atomic E-state index is 0.431. The minimum Gasteiger partial charge on any atom is -0.312 e. The Balaban J connectivity index is 2.52. The predicted molar refractivity (Wildman–Crippen MR) is 68.3 cm³/mol. The maximum Gasteiger partial charge on any atom is 0.316 e. The highest BCUT2D eigenvalue weighted by Crippen LogP contribution is 2.01. The molecular formula is C11H18N2O2S. The molecule has 1 aromatic heterocycles. The quantitative estimate of drug-likeness (QED) is 0.460. The zero-order valence-corrected chi connectivity index (χ0v) is 10.4. The molecule has 0 N–H and O–H groups in total. The summed E-state index contributed by atoms with van der Waals surface area (Å²) in [5.41, 5.74) is -0.892. The van der Waals surface area contributed by atoms with Gasteiger partial charge in [-0.15, -0.1) is 0 Å². The molecule has 4 nitrogen and oxygen atoms in total. The van der Waals surface area contributed by atoms with Crippen LogP contribution in [0.15, 0.2) is 22.0 Å². The molecule has 90 valence electrons. The van der Waals surface area contributed by atoms with Crippen molar-refractivity contribution < 1.29 is 0 Å². The fraction of sp³-hybridized carbons (Fsp3) is 0.636. The Kier molecular flexibility index (Phi) is 5.38. The van der Waals surface area contributed by atoms with Crippen molar-refractivity contribution in [2.24, 2.45) is 7.05 Å². The van der Waals surface area contributed by atoms with E-state index in [1.807, 2.05) is 0 Å². The first-order valence-electron chi connectivity index (χ1n) is 5.53. The van der Waals surface area contributed by atoms with E-state index in [9.17, 15) is 9.59 Å². The van der Waals surface area contributed by atoms with Crippen molar-refractivity contribution in [2.75, 3.05) is 5.75 Å². The van der Waals surface area contributed by atoms with Gasteiger partial charge in [-0.1, -0.05) is 12.8 Å². The van der Waals surface area contributed by atoms with Gasteiger partial charge in [0.2, 0.25) is 0 Å². The van der Waals surface area contributed by atoms with Gasteiger partial charge in [0.25, 0.3) is 0 Å². The van der Waals surface area contributed by atoms with Crippen molar-refractivity contribution >= 4 is 12.6 Å². The van der Waals surface area contributed by atoms with Crippen LogP contribution < -0.4 is 11.1 Å². The molecule has 0 saturated heterocycles. The van der Waals surface area contributed by atoms with Crippen LogP contribution in [0.25, 0.3) is 0 Å². The van der Waals surface area contributed by atoms with Crippen LogP contribution in [0.5, 0.6) is 0 Å². The summed E-state index contributed by atoms with van der Waals surface area (Å²) in [6, 6.07) is 0. The highest BCUT2D eigenvalue weighted by molar-refractivity contribution is 7.80. The number of hydrogen-bond acceptors (Lipinski definition) is 3. The molecule has 0 radical (unpaired) electrons. The summed E-state index contributed by atoms with van der Waals surface area (Å²) in [5, 5.41) is 0. The first-order valence-corrected chi connectivity index (χ1v) is 6.17. The lowest BCUT2D eigenvalue weighted by Crippen LogP contribution is -2.39. The molecule has 0 bridgehead atoms. The lowest BCUT2D eigenvalue weighted by Gasteiger charge is -2.05. The predicted octanol–water partition coefficient (Wildman–Crippen LogP) is 1.04. The largest absolute Gasteiger partial charge is 0.316 e. The van der Waals surface area contributed by atoms with Gasteiger partial charge in [-0.25, -0.2) is 0 Å². The highest BCUT2D eigenvalue weighted by Gasteiger charge is 2.01. The Morgan fingerprint density at radius 3 is 2.44 bits per heavy atom. The van der Waals surface area contributed by atoms with Gasteiger partial charge >= 0.3 is 11.1 Å². The lowest BCUT2D eigenvalue weighted by atomic mass is 10.2. The van der Waals surface area contributed by atoms with E-state index >= 15 is 0 Å². The number of nitrogens with zero attached hydrogens (tertiary/aromatic N) is 2. The molecule has 0 atom stereocenters. The molecule has 0 fully saturated rings. The van der Waals surface area contributed by atoms with E-state index in [0.717, 1.165) is 31.4 Å². The number of hydrogen-bond donors (Lipinski definition) is 1. The summed E-state index contributed by atoms with van der Waals surface area (Å²) in [6.45, 7) is 0.626. The van der Waals surface area contributed by atoms with Crippen molar-refractivity contribution in [3.63, 3.8) is 0 Å². The van der Waals surface area contributed by atoms with E-state index in [-0.39, 0.29) is 0 Å². The van der Waals surface area contributed by atoms with Crippen LogP contribution in [0.4, 0.5) is 0 Å². The van der Waals surface area contributed by atoms with Crippen LogP contribution in [0.1, 0.15) is 25.7 Å². The number of aromatic nitrogens is 2. The van der Waals surface area contributed by atoms with Crippen molar-refractivity contribution in [3.05, 3.63) is 33.1 Å². The molecule has 0 saturated carbocycles. The third-order valence-corrected chi connectivity index (χ3v) is 2.86. The van der Waals surface area contributed by atoms with E-state index < -0.39 is 11.1 Å². The molecule has 16 heavy (non-hydrogen) atoms. The Morgan fingerprint density at radius 1 is 1.06 bits per heavy atom. The number of unbranched alkanes of at least 4 members (excludes halogenated alkanes) is 3. The average molecular weight is 242 g/mol. The molecule has 0 unspecified atom stereocenters. The van der Waals surface area contributed by atoms with Crippen molar-refractivity contribution in [1.29, 1.82) is 0 Å². The number of aryl methyl sites for hydroxylation is 2. The van der Waals surface area contributed by atoms with Crippen molar-refractivity contribution in [2.45, 2.75) is 32.2 Å². The van der Waals surface area contributed by atoms with Crippen LogP contribution in [-0.4, -0.2) is 14.9 Å². The molecule has 0 aliphatic heterocycles. The van der Waals surface area contributed by atoms with E-state index in [0.29, 0.717) is 6.54 Å². The van der Waals surface area contributed by atoms with Crippen LogP contribution in [-0.2, 0) is 13.6 Å². The molecule has 0 amide bonds. The summed E-state index contributed by atoms with van der Waals surface area (Å²) in [6.07, 6.45) is 7.53. The Morgan fingerprint density at radius 2 is 1.75 bits per heavy atom. The van der Waals surface area contributed by atoms with Crippen LogP contribution >= 0.6 is 12.6 Å². The Hall–Kier alpha value is -0.970. The van der Waals surface area contributed by atoms with Gasteiger partial charge in [0.1, 0.15) is 0 Å². The van der Waals surface area contributed by atoms with Gasteiger partial charge < -0.3 is 9.13 Å². The summed E-state index contributed by atoms with van der Waals surface area (Å²) >= 11 is 4.13. The lowest BCUT2D eigenvalue weighted by molar-refractivity contribution is 0.559. The Bertz CT molecular complexity index is 436. The molecule has 5 heteroatoms. The average Bonchev–Trinajstić information content (AvgIpc) is 2.28. The molecule has 1 aromatic rings. The van der Waals surface area contributed by atoms with Gasteiger partial charge in [0.15, 0.2) is 0 Å². The van der Waals surface area contributed by atoms with E-state index in [1.165, 1.54) is 9.13 Å². The SMILES string of the molecule is Cn1ccn(CCCCCCS)c(=O)c1=O.